The quantitative estimate of drug-likeness (QED) is 0.00889. The molecule has 1 aliphatic carbocycles. The summed E-state index contributed by atoms with van der Waals surface area (Å²) in [7, 11) is -5.82. The highest BCUT2D eigenvalue weighted by molar-refractivity contribution is 7.47. The molecule has 2 aliphatic heterocycles. The van der Waals surface area contributed by atoms with Crippen LogP contribution in [0.25, 0.3) is 0 Å². The van der Waals surface area contributed by atoms with Gasteiger partial charge in [-0.1, -0.05) is 296 Å². The van der Waals surface area contributed by atoms with E-state index in [1.807, 2.05) is 0 Å². The van der Waals surface area contributed by atoms with Crippen LogP contribution in [0.3, 0.4) is 0 Å². The van der Waals surface area contributed by atoms with Crippen molar-refractivity contribution in [1.29, 1.82) is 0 Å². The third-order valence-electron chi connectivity index (χ3n) is 23.0. The number of carbonyl (C=O) groups is 4. The Hall–Kier alpha value is -3.31. The minimum absolute atomic E-state index is 0.00698. The molecule has 3 aliphatic rings. The fraction of sp³-hybridized carbons (Fsp3) is 0.891. The van der Waals surface area contributed by atoms with Crippen LogP contribution in [0.2, 0.25) is 0 Å². The Kier molecular flexibility index (Phi) is 64.5. The van der Waals surface area contributed by atoms with Crippen molar-refractivity contribution in [3.63, 3.8) is 0 Å². The van der Waals surface area contributed by atoms with Gasteiger partial charge in [-0.15, -0.1) is 0 Å². The maximum absolute atomic E-state index is 14.9. The average Bonchev–Trinajstić information content (AvgIpc) is 0.754. The van der Waals surface area contributed by atoms with Crippen LogP contribution in [0.5, 0.6) is 0 Å². The lowest BCUT2D eigenvalue weighted by Crippen LogP contribution is -2.70. The summed E-state index contributed by atoms with van der Waals surface area (Å²) in [6.07, 6.45) is 30.0. The number of ether oxygens (including phenoxy) is 8. The molecule has 25 nitrogen and oxygen atoms in total. The molecule has 1 saturated carbocycles. The molecule has 0 amide bonds. The molecule has 2 saturated heterocycles. The van der Waals surface area contributed by atoms with Gasteiger partial charge in [0, 0.05) is 25.7 Å². The molecule has 0 spiro atoms. The monoisotopic (exact) mass is 1700 g/mol. The van der Waals surface area contributed by atoms with Crippen molar-refractivity contribution < 1.29 is 122 Å². The van der Waals surface area contributed by atoms with Gasteiger partial charge in [-0.05, 0) is 109 Å². The lowest BCUT2D eigenvalue weighted by Gasteiger charge is -2.50. The zero-order valence-electron chi connectivity index (χ0n) is 73.6. The molecule has 0 radical (unpaired) electrons. The number of phosphoric acid groups is 1. The zero-order valence-corrected chi connectivity index (χ0v) is 74.5. The van der Waals surface area contributed by atoms with Crippen LogP contribution in [0.4, 0.5) is 0 Å². The van der Waals surface area contributed by atoms with Crippen molar-refractivity contribution in [2.24, 2.45) is 5.92 Å². The van der Waals surface area contributed by atoms with E-state index in [4.69, 9.17) is 46.9 Å². The molecule has 2 heterocycles. The Balaban J connectivity index is 1.93. The third-order valence-corrected chi connectivity index (χ3v) is 24.0. The molecule has 3 fully saturated rings. The highest BCUT2D eigenvalue weighted by Crippen LogP contribution is 2.49. The van der Waals surface area contributed by atoms with E-state index < -0.39 is 162 Å². The number of aliphatic hydroxyl groups excluding tert-OH is 9. The molecule has 26 heteroatoms. The standard InChI is InChI=1S/C92H167O25P/c1-6-10-14-18-22-25-28-31-33-36-38-41-44-51-58-64-76(95)109-70-74-80(99)82(101)86(105)92(113-74)116-89-87(114-78(97)66-60-54-46-43-40-37-34-32-29-26-23-19-15-11-7-2)83(102)84(103)88(115-91-85(104)81(100)79(98)73(67-93)112-91)90(89)117-118(106,107)110-69-72(111-77(96)65-59-53-45-42-39-35-30-27-24-20-16-12-8-3)68-108-75(94)63-57-52-48-47-50-56-62-71(5)61-55-49-21-17-13-9-4/h25-26,28-29,35,39,71-74,79-93,98-105H,6-24,27,30-34,36-38,40-70H2,1-5H3,(H,106,107)/b28-25-,29-26-,39-35-. The number of allylic oxidation sites excluding steroid dienone is 6. The van der Waals surface area contributed by atoms with Crippen molar-refractivity contribution in [2.75, 3.05) is 26.4 Å². The second-order valence-electron chi connectivity index (χ2n) is 33.8. The summed E-state index contributed by atoms with van der Waals surface area (Å²) in [6.45, 7) is 7.87. The number of phosphoric ester groups is 1. The summed E-state index contributed by atoms with van der Waals surface area (Å²) < 4.78 is 73.4. The van der Waals surface area contributed by atoms with Gasteiger partial charge in [-0.25, -0.2) is 4.57 Å². The van der Waals surface area contributed by atoms with E-state index in [0.717, 1.165) is 154 Å². The first kappa shape index (κ1) is 109. The second kappa shape index (κ2) is 69.9. The number of esters is 4. The van der Waals surface area contributed by atoms with Gasteiger partial charge < -0.3 is 88.7 Å². The number of hydrogen-bond acceptors (Lipinski definition) is 24. The molecular weight excluding hydrogens is 1540 g/mol. The molecule has 690 valence electrons. The SMILES string of the molecule is CCCCCC/C=C\CCCCCCCCCC(=O)OCC1OC(OC2C(OC(=O)CCCCCCCCC/C=C\CCCCCC)C(O)C(O)C(OC3OC(CO)C(O)C(O)C3O)C2OP(=O)(O)OCC(COC(=O)CCCCCCCCC(C)CCCCCCCC)OC(=O)CCCCC/C=C\CCCCCCCC)C(O)C(O)C1O. The summed E-state index contributed by atoms with van der Waals surface area (Å²) in [5.41, 5.74) is 0. The van der Waals surface area contributed by atoms with Crippen molar-refractivity contribution in [3.8, 4) is 0 Å². The van der Waals surface area contributed by atoms with E-state index in [1.165, 1.54) is 135 Å². The summed E-state index contributed by atoms with van der Waals surface area (Å²) >= 11 is 0. The largest absolute Gasteiger partial charge is 0.472 e. The third kappa shape index (κ3) is 50.0. The van der Waals surface area contributed by atoms with E-state index in [2.05, 4.69) is 71.1 Å². The molecule has 10 N–H and O–H groups in total. The van der Waals surface area contributed by atoms with Crippen LogP contribution in [0.15, 0.2) is 36.5 Å². The van der Waals surface area contributed by atoms with Gasteiger partial charge in [-0.3, -0.25) is 28.2 Å². The second-order valence-corrected chi connectivity index (χ2v) is 35.2. The molecule has 0 bridgehead atoms. The normalized spacial score (nSPS) is 25.3. The molecule has 0 aromatic heterocycles. The zero-order chi connectivity index (χ0) is 86.2. The van der Waals surface area contributed by atoms with Gasteiger partial charge in [0.25, 0.3) is 0 Å². The van der Waals surface area contributed by atoms with Gasteiger partial charge in [0.1, 0.15) is 92.6 Å². The van der Waals surface area contributed by atoms with Crippen molar-refractivity contribution in [3.05, 3.63) is 36.5 Å². The average molecular weight is 1700 g/mol. The van der Waals surface area contributed by atoms with Gasteiger partial charge in [0.05, 0.1) is 13.2 Å². The van der Waals surface area contributed by atoms with Crippen LogP contribution >= 0.6 is 7.82 Å². The predicted octanol–water partition coefficient (Wildman–Crippen LogP) is 17.4. The molecular formula is C92H167O25P. The van der Waals surface area contributed by atoms with Gasteiger partial charge in [0.15, 0.2) is 24.8 Å². The van der Waals surface area contributed by atoms with E-state index in [-0.39, 0.29) is 25.7 Å². The fourth-order valence-electron chi connectivity index (χ4n) is 15.4. The summed E-state index contributed by atoms with van der Waals surface area (Å²) in [5, 5.41) is 102. The van der Waals surface area contributed by atoms with Gasteiger partial charge in [-0.2, -0.15) is 0 Å². The topological polar surface area (TPSA) is 380 Å². The molecule has 118 heavy (non-hydrogen) atoms. The number of aliphatic hydroxyl groups is 9. The molecule has 0 aromatic rings. The number of rotatable bonds is 75. The minimum Gasteiger partial charge on any atom is -0.463 e. The lowest BCUT2D eigenvalue weighted by molar-refractivity contribution is -0.360. The van der Waals surface area contributed by atoms with Gasteiger partial charge >= 0.3 is 31.7 Å². The van der Waals surface area contributed by atoms with Crippen LogP contribution in [0, 0.1) is 5.92 Å². The maximum Gasteiger partial charge on any atom is 0.472 e. The van der Waals surface area contributed by atoms with E-state index in [9.17, 15) is 74.6 Å². The highest BCUT2D eigenvalue weighted by atomic mass is 31.2. The molecule has 19 atom stereocenters. The Labute approximate surface area is 710 Å². The van der Waals surface area contributed by atoms with E-state index in [0.29, 0.717) is 44.4 Å². The molecule has 3 rings (SSSR count). The summed E-state index contributed by atoms with van der Waals surface area (Å²) in [5.74, 6) is -2.31. The highest BCUT2D eigenvalue weighted by Gasteiger charge is 2.60. The van der Waals surface area contributed by atoms with Crippen molar-refractivity contribution in [2.45, 2.75) is 492 Å². The minimum atomic E-state index is -5.82. The first-order valence-electron chi connectivity index (χ1n) is 47.1. The Morgan fingerprint density at radius 3 is 1.11 bits per heavy atom. The number of unbranched alkanes of at least 4 members (excludes halogenated alkanes) is 41. The Morgan fingerprint density at radius 1 is 0.356 bits per heavy atom. The van der Waals surface area contributed by atoms with Crippen molar-refractivity contribution >= 4 is 31.7 Å². The predicted molar refractivity (Wildman–Crippen MR) is 458 cm³/mol. The van der Waals surface area contributed by atoms with Crippen LogP contribution < -0.4 is 0 Å². The first-order valence-corrected chi connectivity index (χ1v) is 48.6. The van der Waals surface area contributed by atoms with E-state index in [1.54, 1.807) is 0 Å². The van der Waals surface area contributed by atoms with E-state index >= 15 is 0 Å². The fourth-order valence-corrected chi connectivity index (χ4v) is 16.3. The number of carbonyl (C=O) groups excluding carboxylic acids is 4. The van der Waals surface area contributed by atoms with Crippen LogP contribution in [0.1, 0.15) is 388 Å². The number of hydrogen-bond donors (Lipinski definition) is 10. The van der Waals surface area contributed by atoms with Crippen LogP contribution in [-0.2, 0) is 70.7 Å². The Bertz CT molecular complexity index is 2610. The molecule has 19 unspecified atom stereocenters. The summed E-state index contributed by atoms with van der Waals surface area (Å²) in [4.78, 5) is 66.5. The lowest BCUT2D eigenvalue weighted by atomic mass is 9.84. The van der Waals surface area contributed by atoms with Gasteiger partial charge in [0.2, 0.25) is 0 Å². The smallest absolute Gasteiger partial charge is 0.463 e. The van der Waals surface area contributed by atoms with Crippen molar-refractivity contribution in [1.82, 2.24) is 0 Å². The summed E-state index contributed by atoms with van der Waals surface area (Å²) in [6, 6.07) is 0. The molecule has 0 aromatic carbocycles. The maximum atomic E-state index is 14.9. The first-order chi connectivity index (χ1) is 57.1. The van der Waals surface area contributed by atoms with Crippen LogP contribution in [-0.4, -0.2) is 205 Å². The Morgan fingerprint density at radius 2 is 0.686 bits per heavy atom.